The number of unbranched alkanes of at least 4 members (excludes halogenated alkanes) is 4. The van der Waals surface area contributed by atoms with Gasteiger partial charge in [0.25, 0.3) is 0 Å². The van der Waals surface area contributed by atoms with Crippen LogP contribution in [0.15, 0.2) is 18.2 Å². The maximum Gasteiger partial charge on any atom is 0.199 e. The number of carbonyl (C=O) groups excluding carboxylic acids is 1. The molecule has 1 aromatic carbocycles. The van der Waals surface area contributed by atoms with Crippen molar-refractivity contribution in [3.63, 3.8) is 0 Å². The average Bonchev–Trinajstić information content (AvgIpc) is 2.66. The van der Waals surface area contributed by atoms with Gasteiger partial charge in [0.1, 0.15) is 17.6 Å². The van der Waals surface area contributed by atoms with Gasteiger partial charge in [-0.25, -0.2) is 0 Å². The summed E-state index contributed by atoms with van der Waals surface area (Å²) >= 11 is 0. The van der Waals surface area contributed by atoms with E-state index in [4.69, 9.17) is 14.2 Å². The Labute approximate surface area is 157 Å². The van der Waals surface area contributed by atoms with Crippen LogP contribution >= 0.6 is 0 Å². The lowest BCUT2D eigenvalue weighted by atomic mass is 9.88. The van der Waals surface area contributed by atoms with Crippen LogP contribution in [0.4, 0.5) is 0 Å². The summed E-state index contributed by atoms with van der Waals surface area (Å²) in [6.45, 7) is 4.96. The molecule has 26 heavy (non-hydrogen) atoms. The summed E-state index contributed by atoms with van der Waals surface area (Å²) in [5.74, 6) is 1.49. The van der Waals surface area contributed by atoms with Crippen molar-refractivity contribution in [1.82, 2.24) is 0 Å². The Morgan fingerprint density at radius 2 is 2.00 bits per heavy atom. The van der Waals surface area contributed by atoms with Crippen LogP contribution in [-0.4, -0.2) is 24.8 Å². The number of fused-ring (bicyclic) bond motifs is 1. The van der Waals surface area contributed by atoms with Gasteiger partial charge in [-0.1, -0.05) is 39.5 Å². The molecule has 2 heterocycles. The standard InChI is InChI=1S/C22H32O4/c1-3-4-5-6-7-10-19-16(2)22(23)18-13-12-17(15-20(18)26-19)25-21-11-8-9-14-24-21/h12-13,15-16,19,21H,3-11,14H2,1-2H3/t16-,19-,21?/m1/s1. The molecule has 4 heteroatoms. The number of ketones is 1. The molecule has 1 saturated heterocycles. The SMILES string of the molecule is CCCCCCC[C@H]1Oc2cc(OC3CCCCO3)ccc2C(=O)[C@@H]1C. The Balaban J connectivity index is 1.62. The fourth-order valence-electron chi connectivity index (χ4n) is 3.77. The zero-order valence-electron chi connectivity index (χ0n) is 16.2. The smallest absolute Gasteiger partial charge is 0.199 e. The second-order valence-corrected chi connectivity index (χ2v) is 7.58. The number of carbonyl (C=O) groups is 1. The van der Waals surface area contributed by atoms with Gasteiger partial charge in [-0.2, -0.15) is 0 Å². The molecule has 1 unspecified atom stereocenters. The molecule has 0 amide bonds. The van der Waals surface area contributed by atoms with E-state index in [-0.39, 0.29) is 24.1 Å². The van der Waals surface area contributed by atoms with Crippen molar-refractivity contribution in [3.05, 3.63) is 23.8 Å². The average molecular weight is 360 g/mol. The van der Waals surface area contributed by atoms with Gasteiger partial charge in [-0.3, -0.25) is 4.79 Å². The number of rotatable bonds is 8. The lowest BCUT2D eigenvalue weighted by Gasteiger charge is -2.31. The Hall–Kier alpha value is -1.55. The van der Waals surface area contributed by atoms with E-state index in [0.717, 1.165) is 44.5 Å². The summed E-state index contributed by atoms with van der Waals surface area (Å²) < 4.78 is 17.8. The van der Waals surface area contributed by atoms with Crippen LogP contribution in [-0.2, 0) is 4.74 Å². The Bertz CT molecular complexity index is 592. The van der Waals surface area contributed by atoms with E-state index in [1.165, 1.54) is 25.7 Å². The van der Waals surface area contributed by atoms with Gasteiger partial charge in [-0.05, 0) is 37.8 Å². The lowest BCUT2D eigenvalue weighted by Crippen LogP contribution is -2.36. The molecule has 0 saturated carbocycles. The molecule has 2 aliphatic rings. The highest BCUT2D eigenvalue weighted by Gasteiger charge is 2.34. The van der Waals surface area contributed by atoms with E-state index < -0.39 is 0 Å². The van der Waals surface area contributed by atoms with E-state index in [9.17, 15) is 4.79 Å². The number of ether oxygens (including phenoxy) is 3. The molecule has 1 fully saturated rings. The van der Waals surface area contributed by atoms with Crippen LogP contribution in [0.3, 0.4) is 0 Å². The van der Waals surface area contributed by atoms with Crippen molar-refractivity contribution in [2.45, 2.75) is 84.0 Å². The summed E-state index contributed by atoms with van der Waals surface area (Å²) in [6.07, 6.45) is 9.98. The monoisotopic (exact) mass is 360 g/mol. The number of benzene rings is 1. The first-order valence-corrected chi connectivity index (χ1v) is 10.3. The summed E-state index contributed by atoms with van der Waals surface area (Å²) in [5.41, 5.74) is 0.677. The van der Waals surface area contributed by atoms with E-state index in [1.807, 2.05) is 25.1 Å². The van der Waals surface area contributed by atoms with Crippen molar-refractivity contribution in [3.8, 4) is 11.5 Å². The fourth-order valence-corrected chi connectivity index (χ4v) is 3.77. The van der Waals surface area contributed by atoms with Crippen LogP contribution < -0.4 is 9.47 Å². The third-order valence-corrected chi connectivity index (χ3v) is 5.47. The quantitative estimate of drug-likeness (QED) is 0.572. The molecule has 3 atom stereocenters. The molecule has 144 valence electrons. The van der Waals surface area contributed by atoms with Crippen molar-refractivity contribution in [1.29, 1.82) is 0 Å². The fraction of sp³-hybridized carbons (Fsp3) is 0.682. The summed E-state index contributed by atoms with van der Waals surface area (Å²) in [5, 5.41) is 0. The number of hydrogen-bond donors (Lipinski definition) is 0. The highest BCUT2D eigenvalue weighted by atomic mass is 16.7. The molecule has 0 aromatic heterocycles. The summed E-state index contributed by atoms with van der Waals surface area (Å²) in [7, 11) is 0. The third kappa shape index (κ3) is 4.79. The first kappa shape index (κ1) is 19.2. The van der Waals surface area contributed by atoms with E-state index in [0.29, 0.717) is 11.3 Å². The van der Waals surface area contributed by atoms with Crippen LogP contribution in [0.1, 0.15) is 82.0 Å². The van der Waals surface area contributed by atoms with Crippen LogP contribution in [0.25, 0.3) is 0 Å². The maximum absolute atomic E-state index is 12.7. The Morgan fingerprint density at radius 1 is 1.15 bits per heavy atom. The minimum atomic E-state index is -0.186. The Morgan fingerprint density at radius 3 is 2.77 bits per heavy atom. The molecule has 0 radical (unpaired) electrons. The molecule has 0 spiro atoms. The van der Waals surface area contributed by atoms with Gasteiger partial charge >= 0.3 is 0 Å². The van der Waals surface area contributed by atoms with Crippen molar-refractivity contribution < 1.29 is 19.0 Å². The molecular formula is C22H32O4. The molecule has 0 aliphatic carbocycles. The number of Topliss-reactive ketones (excluding diaryl/α,β-unsaturated/α-hetero) is 1. The van der Waals surface area contributed by atoms with Crippen LogP contribution in [0.5, 0.6) is 11.5 Å². The maximum atomic E-state index is 12.7. The van der Waals surface area contributed by atoms with Gasteiger partial charge in [-0.15, -0.1) is 0 Å². The largest absolute Gasteiger partial charge is 0.489 e. The second-order valence-electron chi connectivity index (χ2n) is 7.58. The van der Waals surface area contributed by atoms with E-state index in [1.54, 1.807) is 0 Å². The first-order chi connectivity index (χ1) is 12.7. The van der Waals surface area contributed by atoms with Crippen molar-refractivity contribution in [2.75, 3.05) is 6.61 Å². The second kappa shape index (κ2) is 9.40. The van der Waals surface area contributed by atoms with E-state index in [2.05, 4.69) is 6.92 Å². The highest BCUT2D eigenvalue weighted by molar-refractivity contribution is 6.01. The topological polar surface area (TPSA) is 44.8 Å². The molecule has 0 N–H and O–H groups in total. The van der Waals surface area contributed by atoms with Gasteiger partial charge < -0.3 is 14.2 Å². The minimum absolute atomic E-state index is 0.0298. The van der Waals surface area contributed by atoms with Crippen molar-refractivity contribution >= 4 is 5.78 Å². The summed E-state index contributed by atoms with van der Waals surface area (Å²) in [6, 6.07) is 5.56. The number of hydrogen-bond acceptors (Lipinski definition) is 4. The first-order valence-electron chi connectivity index (χ1n) is 10.3. The zero-order valence-corrected chi connectivity index (χ0v) is 16.2. The van der Waals surface area contributed by atoms with Gasteiger partial charge in [0.2, 0.25) is 0 Å². The minimum Gasteiger partial charge on any atom is -0.489 e. The summed E-state index contributed by atoms with van der Waals surface area (Å²) in [4.78, 5) is 12.7. The highest BCUT2D eigenvalue weighted by Crippen LogP contribution is 2.36. The molecule has 2 aliphatic heterocycles. The van der Waals surface area contributed by atoms with Gasteiger partial charge in [0.15, 0.2) is 12.1 Å². The van der Waals surface area contributed by atoms with Crippen LogP contribution in [0, 0.1) is 5.92 Å². The lowest BCUT2D eigenvalue weighted by molar-refractivity contribution is -0.106. The molecular weight excluding hydrogens is 328 g/mol. The predicted molar refractivity (Wildman–Crippen MR) is 102 cm³/mol. The molecule has 3 rings (SSSR count). The van der Waals surface area contributed by atoms with Crippen LogP contribution in [0.2, 0.25) is 0 Å². The van der Waals surface area contributed by atoms with Gasteiger partial charge in [0.05, 0.1) is 18.1 Å². The zero-order chi connectivity index (χ0) is 18.4. The molecule has 0 bridgehead atoms. The predicted octanol–water partition coefficient (Wildman–Crippen LogP) is 5.53. The van der Waals surface area contributed by atoms with E-state index >= 15 is 0 Å². The third-order valence-electron chi connectivity index (χ3n) is 5.47. The molecule has 1 aromatic rings. The normalized spacial score (nSPS) is 25.5. The Kier molecular flexibility index (Phi) is 6.95. The van der Waals surface area contributed by atoms with Crippen molar-refractivity contribution in [2.24, 2.45) is 5.92 Å². The van der Waals surface area contributed by atoms with Gasteiger partial charge in [0, 0.05) is 12.5 Å². The molecule has 4 nitrogen and oxygen atoms in total.